The van der Waals surface area contributed by atoms with Gasteiger partial charge in [-0.25, -0.2) is 13.6 Å². The summed E-state index contributed by atoms with van der Waals surface area (Å²) in [4.78, 5) is 16.9. The van der Waals surface area contributed by atoms with Crippen molar-refractivity contribution in [3.05, 3.63) is 77.4 Å². The van der Waals surface area contributed by atoms with Gasteiger partial charge in [-0.1, -0.05) is 30.3 Å². The molecule has 33 heavy (non-hydrogen) atoms. The van der Waals surface area contributed by atoms with Crippen molar-refractivity contribution < 1.29 is 26.4 Å². The number of aliphatic imine (C=N–C) groups is 1. The van der Waals surface area contributed by atoms with E-state index in [0.717, 1.165) is 11.6 Å². The lowest BCUT2D eigenvalue weighted by Crippen LogP contribution is -2.15. The molecule has 1 aliphatic heterocycles. The van der Waals surface area contributed by atoms with Crippen LogP contribution in [0.4, 0.5) is 24.5 Å². The van der Waals surface area contributed by atoms with Crippen molar-refractivity contribution in [1.29, 1.82) is 0 Å². The van der Waals surface area contributed by atoms with Gasteiger partial charge in [0.15, 0.2) is 0 Å². The molecule has 170 valence electrons. The van der Waals surface area contributed by atoms with Crippen LogP contribution in [-0.2, 0) is 21.0 Å². The minimum Gasteiger partial charge on any atom is -0.324 e. The Morgan fingerprint density at radius 3 is 2.27 bits per heavy atom. The van der Waals surface area contributed by atoms with Crippen LogP contribution in [0.1, 0.15) is 23.1 Å². The minimum absolute atomic E-state index is 0.00247. The Bertz CT molecular complexity index is 1400. The van der Waals surface area contributed by atoms with Gasteiger partial charge >= 0.3 is 6.18 Å². The molecule has 3 aromatic carbocycles. The van der Waals surface area contributed by atoms with Gasteiger partial charge in [0.2, 0.25) is 15.9 Å². The van der Waals surface area contributed by atoms with Gasteiger partial charge < -0.3 is 5.32 Å². The number of carbonyl (C=O) groups excluding carboxylic acids is 1. The summed E-state index contributed by atoms with van der Waals surface area (Å²) in [6.07, 6.45) is -4.67. The number of amides is 1. The lowest BCUT2D eigenvalue weighted by Gasteiger charge is -2.13. The van der Waals surface area contributed by atoms with Crippen LogP contribution in [0.15, 0.2) is 70.6 Å². The topological polar surface area (TPSA) is 102 Å². The molecular weight excluding hydrogens is 455 g/mol. The van der Waals surface area contributed by atoms with Crippen LogP contribution in [0.25, 0.3) is 11.1 Å². The smallest absolute Gasteiger partial charge is 0.324 e. The molecule has 6 nitrogen and oxygen atoms in total. The number of halogens is 3. The Morgan fingerprint density at radius 2 is 1.64 bits per heavy atom. The molecule has 0 radical (unpaired) electrons. The highest BCUT2D eigenvalue weighted by molar-refractivity contribution is 7.89. The Hall–Kier alpha value is -3.50. The predicted molar refractivity (Wildman–Crippen MR) is 119 cm³/mol. The van der Waals surface area contributed by atoms with Gasteiger partial charge in [-0.2, -0.15) is 13.2 Å². The predicted octanol–water partition coefficient (Wildman–Crippen LogP) is 4.79. The Balaban J connectivity index is 1.75. The number of aryl methyl sites for hydroxylation is 1. The molecule has 3 aromatic rings. The first kappa shape index (κ1) is 22.7. The Kier molecular flexibility index (Phi) is 5.59. The monoisotopic (exact) mass is 473 g/mol. The third-order valence-electron chi connectivity index (χ3n) is 5.22. The second-order valence-corrected chi connectivity index (χ2v) is 9.18. The number of nitrogens with zero attached hydrogens (tertiary/aromatic N) is 1. The average molecular weight is 473 g/mol. The van der Waals surface area contributed by atoms with E-state index in [9.17, 15) is 26.4 Å². The van der Waals surface area contributed by atoms with Crippen LogP contribution in [0, 0.1) is 6.92 Å². The average Bonchev–Trinajstić information content (AvgIpc) is 2.90. The number of benzene rings is 3. The molecule has 0 fully saturated rings. The van der Waals surface area contributed by atoms with Crippen LogP contribution in [0.5, 0.6) is 0 Å². The van der Waals surface area contributed by atoms with E-state index >= 15 is 0 Å². The number of rotatable bonds is 3. The third-order valence-corrected chi connectivity index (χ3v) is 6.15. The van der Waals surface area contributed by atoms with E-state index in [1.807, 2.05) is 0 Å². The van der Waals surface area contributed by atoms with Gasteiger partial charge in [-0.3, -0.25) is 9.79 Å². The van der Waals surface area contributed by atoms with Gasteiger partial charge in [0.25, 0.3) is 0 Å². The first-order valence-corrected chi connectivity index (χ1v) is 11.3. The summed E-state index contributed by atoms with van der Waals surface area (Å²) >= 11 is 0. The summed E-state index contributed by atoms with van der Waals surface area (Å²) in [5.74, 6) is -0.479. The van der Waals surface area contributed by atoms with Crippen molar-refractivity contribution in [3.63, 3.8) is 0 Å². The molecule has 10 heteroatoms. The number of nitrogens with two attached hydrogens (primary N) is 1. The SMILES string of the molecule is Cc1cc2c(cc1C(F)(F)F)NC(=O)CC(c1cccc(-c3ccc(S(N)(=O)=O)cc3)c1)=N2. The van der Waals surface area contributed by atoms with E-state index in [1.54, 1.807) is 36.4 Å². The normalized spacial score (nSPS) is 14.2. The lowest BCUT2D eigenvalue weighted by atomic mass is 9.99. The summed E-state index contributed by atoms with van der Waals surface area (Å²) in [5, 5.41) is 7.64. The number of nitrogens with one attached hydrogen (secondary N) is 1. The maximum Gasteiger partial charge on any atom is 0.416 e. The number of alkyl halides is 3. The fourth-order valence-electron chi connectivity index (χ4n) is 3.60. The first-order chi connectivity index (χ1) is 15.4. The van der Waals surface area contributed by atoms with E-state index in [0.29, 0.717) is 16.8 Å². The molecule has 1 aliphatic rings. The van der Waals surface area contributed by atoms with Crippen molar-refractivity contribution in [3.8, 4) is 11.1 Å². The van der Waals surface area contributed by atoms with E-state index in [1.165, 1.54) is 25.1 Å². The molecule has 0 aromatic heterocycles. The summed E-state index contributed by atoms with van der Waals surface area (Å²) in [5.41, 5.74) is 1.89. The number of carbonyl (C=O) groups is 1. The summed E-state index contributed by atoms with van der Waals surface area (Å²) < 4.78 is 62.7. The highest BCUT2D eigenvalue weighted by atomic mass is 32.2. The van der Waals surface area contributed by atoms with Crippen molar-refractivity contribution in [2.45, 2.75) is 24.4 Å². The number of anilines is 1. The summed E-state index contributed by atoms with van der Waals surface area (Å²) in [6.45, 7) is 1.34. The van der Waals surface area contributed by atoms with Crippen LogP contribution >= 0.6 is 0 Å². The van der Waals surface area contributed by atoms with Gasteiger partial charge in [-0.05, 0) is 59.5 Å². The van der Waals surface area contributed by atoms with E-state index in [4.69, 9.17) is 5.14 Å². The van der Waals surface area contributed by atoms with Crippen LogP contribution in [-0.4, -0.2) is 20.0 Å². The largest absolute Gasteiger partial charge is 0.416 e. The number of hydrogen-bond acceptors (Lipinski definition) is 4. The zero-order valence-electron chi connectivity index (χ0n) is 17.3. The van der Waals surface area contributed by atoms with Crippen LogP contribution in [0.3, 0.4) is 0 Å². The standard InChI is InChI=1S/C23H18F3N3O3S/c1-13-9-20-21(11-18(13)23(24,25)26)29-22(30)12-19(28-20)16-4-2-3-15(10-16)14-5-7-17(8-6-14)33(27,31)32/h2-11H,12H2,1H3,(H,29,30)(H2,27,31,32). The second-order valence-electron chi connectivity index (χ2n) is 7.62. The molecule has 0 spiro atoms. The number of primary sulfonamides is 1. The summed E-state index contributed by atoms with van der Waals surface area (Å²) in [7, 11) is -3.82. The van der Waals surface area contributed by atoms with Crippen LogP contribution in [0.2, 0.25) is 0 Å². The number of fused-ring (bicyclic) bond motifs is 1. The molecule has 1 amide bonds. The molecular formula is C23H18F3N3O3S. The van der Waals surface area contributed by atoms with Gasteiger partial charge in [0, 0.05) is 0 Å². The minimum atomic E-state index is -4.55. The van der Waals surface area contributed by atoms with Crippen molar-refractivity contribution in [2.75, 3.05) is 5.32 Å². The maximum atomic E-state index is 13.3. The van der Waals surface area contributed by atoms with Gasteiger partial charge in [0.05, 0.1) is 34.0 Å². The molecule has 3 N–H and O–H groups in total. The fourth-order valence-corrected chi connectivity index (χ4v) is 4.12. The Labute approximate surface area is 188 Å². The number of hydrogen-bond donors (Lipinski definition) is 2. The molecule has 0 atom stereocenters. The zero-order chi connectivity index (χ0) is 24.0. The molecule has 4 rings (SSSR count). The van der Waals surface area contributed by atoms with Gasteiger partial charge in [-0.15, -0.1) is 0 Å². The number of sulfonamides is 1. The van der Waals surface area contributed by atoms with Crippen molar-refractivity contribution in [2.24, 2.45) is 10.1 Å². The first-order valence-electron chi connectivity index (χ1n) is 9.75. The van der Waals surface area contributed by atoms with E-state index in [-0.39, 0.29) is 28.3 Å². The Morgan fingerprint density at radius 1 is 0.970 bits per heavy atom. The highest BCUT2D eigenvalue weighted by Crippen LogP contribution is 2.39. The second kappa shape index (κ2) is 8.13. The molecule has 0 saturated heterocycles. The highest BCUT2D eigenvalue weighted by Gasteiger charge is 2.34. The van der Waals surface area contributed by atoms with E-state index < -0.39 is 27.7 Å². The van der Waals surface area contributed by atoms with Crippen molar-refractivity contribution in [1.82, 2.24) is 0 Å². The quantitative estimate of drug-likeness (QED) is 0.572. The molecule has 0 unspecified atom stereocenters. The zero-order valence-corrected chi connectivity index (χ0v) is 18.1. The maximum absolute atomic E-state index is 13.3. The van der Waals surface area contributed by atoms with E-state index in [2.05, 4.69) is 10.3 Å². The van der Waals surface area contributed by atoms with Gasteiger partial charge in [0.1, 0.15) is 0 Å². The molecule has 0 aliphatic carbocycles. The summed E-state index contributed by atoms with van der Waals surface area (Å²) in [6, 6.07) is 15.3. The molecule has 0 saturated carbocycles. The van der Waals surface area contributed by atoms with Crippen LogP contribution < -0.4 is 10.5 Å². The third kappa shape index (κ3) is 4.81. The fraction of sp³-hybridized carbons (Fsp3) is 0.130. The molecule has 1 heterocycles. The molecule has 0 bridgehead atoms. The lowest BCUT2D eigenvalue weighted by molar-refractivity contribution is -0.138. The van der Waals surface area contributed by atoms with Crippen molar-refractivity contribution >= 4 is 33.0 Å².